The van der Waals surface area contributed by atoms with Gasteiger partial charge in [0.15, 0.2) is 0 Å². The van der Waals surface area contributed by atoms with Gasteiger partial charge >= 0.3 is 0 Å². The summed E-state index contributed by atoms with van der Waals surface area (Å²) in [5.41, 5.74) is 1.47. The van der Waals surface area contributed by atoms with Gasteiger partial charge in [-0.2, -0.15) is 5.26 Å². The van der Waals surface area contributed by atoms with E-state index < -0.39 is 0 Å². The fourth-order valence-corrected chi connectivity index (χ4v) is 2.30. The Kier molecular flexibility index (Phi) is 8.19. The van der Waals surface area contributed by atoms with Crippen LogP contribution in [0.2, 0.25) is 0 Å². The maximum Gasteiger partial charge on any atom is 0.226 e. The van der Waals surface area contributed by atoms with Gasteiger partial charge in [0.2, 0.25) is 5.91 Å². The molecule has 0 saturated carbocycles. The number of carbonyl (C=O) groups excluding carboxylic acids is 1. The van der Waals surface area contributed by atoms with Crippen molar-refractivity contribution in [2.75, 3.05) is 11.9 Å². The van der Waals surface area contributed by atoms with E-state index in [1.54, 1.807) is 24.1 Å². The highest BCUT2D eigenvalue weighted by molar-refractivity contribution is 5.92. The fourth-order valence-electron chi connectivity index (χ4n) is 2.30. The molecule has 0 saturated heterocycles. The molecule has 1 rings (SSSR count). The zero-order chi connectivity index (χ0) is 15.5. The third-order valence-corrected chi connectivity index (χ3v) is 3.75. The third-order valence-electron chi connectivity index (χ3n) is 3.75. The number of benzene rings is 1. The highest BCUT2D eigenvalue weighted by atomic mass is 16.2. The maximum absolute atomic E-state index is 12.1. The van der Waals surface area contributed by atoms with Crippen LogP contribution in [-0.2, 0) is 4.79 Å². The molecule has 0 aliphatic heterocycles. The monoisotopic (exact) mass is 286 g/mol. The Morgan fingerprint density at radius 1 is 1.05 bits per heavy atom. The van der Waals surface area contributed by atoms with E-state index >= 15 is 0 Å². The lowest BCUT2D eigenvalue weighted by Gasteiger charge is -2.17. The number of hydrogen-bond acceptors (Lipinski definition) is 2. The summed E-state index contributed by atoms with van der Waals surface area (Å²) in [6.07, 6.45) is 9.12. The molecule has 0 spiro atoms. The number of amides is 1. The van der Waals surface area contributed by atoms with E-state index in [4.69, 9.17) is 5.26 Å². The summed E-state index contributed by atoms with van der Waals surface area (Å²) in [5, 5.41) is 8.77. The average Bonchev–Trinajstić information content (AvgIpc) is 2.53. The number of nitriles is 1. The Morgan fingerprint density at radius 2 is 1.62 bits per heavy atom. The molecule has 0 aromatic heterocycles. The van der Waals surface area contributed by atoms with Crippen LogP contribution in [0.15, 0.2) is 24.3 Å². The molecule has 114 valence electrons. The minimum absolute atomic E-state index is 0.147. The van der Waals surface area contributed by atoms with Crippen LogP contribution in [0.3, 0.4) is 0 Å². The van der Waals surface area contributed by atoms with E-state index in [2.05, 4.69) is 13.0 Å². The van der Waals surface area contributed by atoms with Gasteiger partial charge in [0.25, 0.3) is 0 Å². The van der Waals surface area contributed by atoms with Gasteiger partial charge in [-0.1, -0.05) is 45.4 Å². The molecular formula is C18H26N2O. The van der Waals surface area contributed by atoms with Crippen molar-refractivity contribution in [3.63, 3.8) is 0 Å². The number of nitrogens with zero attached hydrogens (tertiary/aromatic N) is 2. The van der Waals surface area contributed by atoms with Crippen LogP contribution < -0.4 is 4.90 Å². The van der Waals surface area contributed by atoms with Crippen LogP contribution in [0.25, 0.3) is 0 Å². The lowest BCUT2D eigenvalue weighted by Crippen LogP contribution is -2.25. The minimum atomic E-state index is 0.147. The van der Waals surface area contributed by atoms with Crippen molar-refractivity contribution in [1.82, 2.24) is 0 Å². The first-order valence-corrected chi connectivity index (χ1v) is 7.95. The van der Waals surface area contributed by atoms with Crippen molar-refractivity contribution < 1.29 is 4.79 Å². The fraction of sp³-hybridized carbons (Fsp3) is 0.556. The summed E-state index contributed by atoms with van der Waals surface area (Å²) in [6.45, 7) is 2.22. The molecule has 1 aromatic rings. The van der Waals surface area contributed by atoms with Crippen molar-refractivity contribution in [1.29, 1.82) is 5.26 Å². The van der Waals surface area contributed by atoms with Crippen LogP contribution in [-0.4, -0.2) is 13.0 Å². The van der Waals surface area contributed by atoms with Gasteiger partial charge in [-0.05, 0) is 30.7 Å². The highest BCUT2D eigenvalue weighted by Gasteiger charge is 2.10. The van der Waals surface area contributed by atoms with Crippen molar-refractivity contribution in [3.05, 3.63) is 29.8 Å². The molecule has 0 aliphatic rings. The van der Waals surface area contributed by atoms with E-state index in [0.29, 0.717) is 12.0 Å². The van der Waals surface area contributed by atoms with Gasteiger partial charge in [0.05, 0.1) is 11.6 Å². The average molecular weight is 286 g/mol. The Balaban J connectivity index is 2.26. The lowest BCUT2D eigenvalue weighted by atomic mass is 10.1. The molecule has 1 aromatic carbocycles. The summed E-state index contributed by atoms with van der Waals surface area (Å²) < 4.78 is 0. The number of rotatable bonds is 9. The molecule has 3 nitrogen and oxygen atoms in total. The largest absolute Gasteiger partial charge is 0.316 e. The standard InChI is InChI=1S/C18H26N2O/c1-3-4-5-6-7-8-9-10-18(21)20(2)17-13-11-16(15-19)12-14-17/h11-14H,3-10H2,1-2H3. The van der Waals surface area contributed by atoms with E-state index in [1.165, 1.54) is 32.1 Å². The Morgan fingerprint density at radius 3 is 2.19 bits per heavy atom. The molecule has 0 unspecified atom stereocenters. The van der Waals surface area contributed by atoms with Gasteiger partial charge in [-0.3, -0.25) is 4.79 Å². The summed E-state index contributed by atoms with van der Waals surface area (Å²) in [6, 6.07) is 9.21. The number of carbonyl (C=O) groups is 1. The lowest BCUT2D eigenvalue weighted by molar-refractivity contribution is -0.118. The molecule has 21 heavy (non-hydrogen) atoms. The highest BCUT2D eigenvalue weighted by Crippen LogP contribution is 2.16. The van der Waals surface area contributed by atoms with Gasteiger partial charge in [-0.25, -0.2) is 0 Å². The number of unbranched alkanes of at least 4 members (excludes halogenated alkanes) is 6. The molecule has 1 amide bonds. The second-order valence-electron chi connectivity index (χ2n) is 5.48. The van der Waals surface area contributed by atoms with Gasteiger partial charge < -0.3 is 4.90 Å². The van der Waals surface area contributed by atoms with Crippen LogP contribution in [0.5, 0.6) is 0 Å². The molecule has 0 radical (unpaired) electrons. The summed E-state index contributed by atoms with van der Waals surface area (Å²) in [4.78, 5) is 13.8. The zero-order valence-electron chi connectivity index (χ0n) is 13.3. The SMILES string of the molecule is CCCCCCCCCC(=O)N(C)c1ccc(C#N)cc1. The summed E-state index contributed by atoms with van der Waals surface area (Å²) >= 11 is 0. The second-order valence-corrected chi connectivity index (χ2v) is 5.48. The maximum atomic E-state index is 12.1. The van der Waals surface area contributed by atoms with Crippen LogP contribution in [0.1, 0.15) is 63.9 Å². The van der Waals surface area contributed by atoms with Crippen molar-refractivity contribution in [2.24, 2.45) is 0 Å². The number of anilines is 1. The smallest absolute Gasteiger partial charge is 0.226 e. The van der Waals surface area contributed by atoms with E-state index in [0.717, 1.165) is 18.5 Å². The molecule has 0 aliphatic carbocycles. The van der Waals surface area contributed by atoms with Crippen molar-refractivity contribution in [2.45, 2.75) is 58.3 Å². The Labute approximate surface area is 128 Å². The molecule has 0 heterocycles. The zero-order valence-corrected chi connectivity index (χ0v) is 13.3. The van der Waals surface area contributed by atoms with Gasteiger partial charge in [-0.15, -0.1) is 0 Å². The van der Waals surface area contributed by atoms with Crippen LogP contribution >= 0.6 is 0 Å². The predicted octanol–water partition coefficient (Wildman–Crippen LogP) is 4.66. The van der Waals surface area contributed by atoms with Gasteiger partial charge in [0, 0.05) is 19.2 Å². The number of hydrogen-bond donors (Lipinski definition) is 0. The van der Waals surface area contributed by atoms with Crippen molar-refractivity contribution >= 4 is 11.6 Å². The van der Waals surface area contributed by atoms with Gasteiger partial charge in [0.1, 0.15) is 0 Å². The normalized spacial score (nSPS) is 10.1. The molecule has 0 bridgehead atoms. The predicted molar refractivity (Wildman–Crippen MR) is 87.2 cm³/mol. The summed E-state index contributed by atoms with van der Waals surface area (Å²) in [7, 11) is 1.80. The first-order valence-electron chi connectivity index (χ1n) is 7.95. The third kappa shape index (κ3) is 6.44. The second kappa shape index (κ2) is 9.99. The topological polar surface area (TPSA) is 44.1 Å². The molecule has 0 atom stereocenters. The van der Waals surface area contributed by atoms with E-state index in [1.807, 2.05) is 12.1 Å². The molecular weight excluding hydrogens is 260 g/mol. The molecule has 0 fully saturated rings. The van der Waals surface area contributed by atoms with Crippen LogP contribution in [0, 0.1) is 11.3 Å². The first kappa shape index (κ1) is 17.2. The Bertz CT molecular complexity index is 459. The van der Waals surface area contributed by atoms with E-state index in [9.17, 15) is 4.79 Å². The summed E-state index contributed by atoms with van der Waals surface area (Å²) in [5.74, 6) is 0.147. The Hall–Kier alpha value is -1.82. The van der Waals surface area contributed by atoms with Crippen molar-refractivity contribution in [3.8, 4) is 6.07 Å². The first-order chi connectivity index (χ1) is 10.2. The molecule has 0 N–H and O–H groups in total. The minimum Gasteiger partial charge on any atom is -0.316 e. The van der Waals surface area contributed by atoms with Crippen LogP contribution in [0.4, 0.5) is 5.69 Å². The molecule has 3 heteroatoms. The van der Waals surface area contributed by atoms with E-state index in [-0.39, 0.29) is 5.91 Å². The quantitative estimate of drug-likeness (QED) is 0.620.